The minimum atomic E-state index is -0.0504. The first-order valence-corrected chi connectivity index (χ1v) is 10.7. The summed E-state index contributed by atoms with van der Waals surface area (Å²) in [5, 5.41) is 5.22. The maximum Gasteiger partial charge on any atom is 0.256 e. The number of hydrogen-bond donors (Lipinski definition) is 1. The molecular formula is C25H26N4O. The van der Waals surface area contributed by atoms with E-state index in [9.17, 15) is 4.79 Å². The number of hydrogen-bond acceptors (Lipinski definition) is 3. The van der Waals surface area contributed by atoms with E-state index in [0.29, 0.717) is 5.56 Å². The standard InChI is InChI=1S/C25H26N4O/c30-25(27-21-7-4-13-28(17-21)15-19-5-3-6-19)24-11-10-20(16-29-14-12-26-18-29)22-8-1-2-9-23(22)24/h1-2,4,7-14,18-19H,3,5-6,15-17H2,(H,27,30). The van der Waals surface area contributed by atoms with Gasteiger partial charge < -0.3 is 14.8 Å². The fourth-order valence-electron chi connectivity index (χ4n) is 4.31. The summed E-state index contributed by atoms with van der Waals surface area (Å²) in [7, 11) is 0. The molecule has 5 heteroatoms. The van der Waals surface area contributed by atoms with Crippen molar-refractivity contribution >= 4 is 16.7 Å². The quantitative estimate of drug-likeness (QED) is 0.672. The largest absolute Gasteiger partial charge is 0.371 e. The molecule has 1 aromatic heterocycles. The number of imidazole rings is 1. The van der Waals surface area contributed by atoms with E-state index < -0.39 is 0 Å². The number of benzene rings is 2. The highest BCUT2D eigenvalue weighted by molar-refractivity contribution is 6.08. The van der Waals surface area contributed by atoms with Crippen LogP contribution < -0.4 is 5.32 Å². The molecule has 2 aliphatic rings. The van der Waals surface area contributed by atoms with Crippen LogP contribution in [0, 0.1) is 5.92 Å². The van der Waals surface area contributed by atoms with Crippen molar-refractivity contribution in [3.05, 3.63) is 90.3 Å². The lowest BCUT2D eigenvalue weighted by Gasteiger charge is -2.33. The molecule has 1 aliphatic heterocycles. The van der Waals surface area contributed by atoms with Crippen LogP contribution in [0.25, 0.3) is 10.8 Å². The number of nitrogens with one attached hydrogen (secondary N) is 1. The van der Waals surface area contributed by atoms with Crippen LogP contribution in [-0.4, -0.2) is 33.4 Å². The summed E-state index contributed by atoms with van der Waals surface area (Å²) in [4.78, 5) is 19.6. The van der Waals surface area contributed by atoms with Gasteiger partial charge in [-0.25, -0.2) is 4.98 Å². The lowest BCUT2D eigenvalue weighted by atomic mass is 9.85. The van der Waals surface area contributed by atoms with E-state index in [1.165, 1.54) is 24.8 Å². The fraction of sp³-hybridized carbons (Fsp3) is 0.280. The topological polar surface area (TPSA) is 50.2 Å². The predicted octanol–water partition coefficient (Wildman–Crippen LogP) is 4.33. The molecule has 1 amide bonds. The van der Waals surface area contributed by atoms with Crippen LogP contribution in [0.4, 0.5) is 0 Å². The highest BCUT2D eigenvalue weighted by Gasteiger charge is 2.21. The summed E-state index contributed by atoms with van der Waals surface area (Å²) in [6, 6.07) is 12.1. The monoisotopic (exact) mass is 398 g/mol. The van der Waals surface area contributed by atoms with E-state index in [1.807, 2.05) is 53.5 Å². The maximum atomic E-state index is 13.1. The molecule has 3 aromatic rings. The maximum absolute atomic E-state index is 13.1. The van der Waals surface area contributed by atoms with Crippen LogP contribution in [0.1, 0.15) is 35.2 Å². The third kappa shape index (κ3) is 3.88. The molecule has 5 rings (SSSR count). The number of aromatic nitrogens is 2. The van der Waals surface area contributed by atoms with Gasteiger partial charge in [0.2, 0.25) is 0 Å². The average Bonchev–Trinajstić information content (AvgIpc) is 3.24. The van der Waals surface area contributed by atoms with Crippen molar-refractivity contribution < 1.29 is 4.79 Å². The van der Waals surface area contributed by atoms with Crippen molar-refractivity contribution in [3.8, 4) is 0 Å². The third-order valence-corrected chi connectivity index (χ3v) is 6.13. The molecule has 0 atom stereocenters. The summed E-state index contributed by atoms with van der Waals surface area (Å²) in [6.07, 6.45) is 15.7. The number of amides is 1. The van der Waals surface area contributed by atoms with Crippen LogP contribution in [0.2, 0.25) is 0 Å². The third-order valence-electron chi connectivity index (χ3n) is 6.13. The van der Waals surface area contributed by atoms with Gasteiger partial charge in [0.25, 0.3) is 5.91 Å². The summed E-state index contributed by atoms with van der Waals surface area (Å²) in [5.74, 6) is 0.752. The number of rotatable bonds is 6. The average molecular weight is 399 g/mol. The van der Waals surface area contributed by atoms with Gasteiger partial charge in [0.15, 0.2) is 0 Å². The Morgan fingerprint density at radius 3 is 2.77 bits per heavy atom. The molecule has 0 saturated heterocycles. The summed E-state index contributed by atoms with van der Waals surface area (Å²) in [6.45, 7) is 2.57. The van der Waals surface area contributed by atoms with Crippen LogP contribution in [0.3, 0.4) is 0 Å². The van der Waals surface area contributed by atoms with Crippen molar-refractivity contribution in [3.63, 3.8) is 0 Å². The van der Waals surface area contributed by atoms with E-state index in [4.69, 9.17) is 0 Å². The molecule has 0 spiro atoms. The summed E-state index contributed by atoms with van der Waals surface area (Å²) < 4.78 is 2.04. The highest BCUT2D eigenvalue weighted by Crippen LogP contribution is 2.28. The van der Waals surface area contributed by atoms with Crippen LogP contribution >= 0.6 is 0 Å². The Balaban J connectivity index is 1.35. The Bertz CT molecular complexity index is 1110. The number of carbonyl (C=O) groups excluding carboxylic acids is 1. The zero-order valence-electron chi connectivity index (χ0n) is 17.0. The molecule has 5 nitrogen and oxygen atoms in total. The van der Waals surface area contributed by atoms with Gasteiger partial charge in [-0.3, -0.25) is 4.79 Å². The molecule has 30 heavy (non-hydrogen) atoms. The van der Waals surface area contributed by atoms with E-state index in [-0.39, 0.29) is 5.91 Å². The van der Waals surface area contributed by atoms with Crippen molar-refractivity contribution in [2.75, 3.05) is 13.1 Å². The molecule has 0 bridgehead atoms. The van der Waals surface area contributed by atoms with Crippen molar-refractivity contribution in [2.24, 2.45) is 5.92 Å². The molecule has 1 saturated carbocycles. The molecule has 1 N–H and O–H groups in total. The van der Waals surface area contributed by atoms with Gasteiger partial charge in [-0.05, 0) is 59.5 Å². The molecule has 1 aliphatic carbocycles. The number of carbonyl (C=O) groups is 1. The van der Waals surface area contributed by atoms with Crippen LogP contribution in [-0.2, 0) is 6.54 Å². The van der Waals surface area contributed by atoms with E-state index in [0.717, 1.165) is 42.0 Å². The zero-order valence-corrected chi connectivity index (χ0v) is 17.0. The van der Waals surface area contributed by atoms with Gasteiger partial charge in [0, 0.05) is 36.7 Å². The smallest absolute Gasteiger partial charge is 0.256 e. The van der Waals surface area contributed by atoms with E-state index >= 15 is 0 Å². The van der Waals surface area contributed by atoms with Crippen LogP contribution in [0.15, 0.2) is 79.2 Å². The Morgan fingerprint density at radius 1 is 1.13 bits per heavy atom. The van der Waals surface area contributed by atoms with Crippen LogP contribution in [0.5, 0.6) is 0 Å². The predicted molar refractivity (Wildman–Crippen MR) is 119 cm³/mol. The van der Waals surface area contributed by atoms with E-state index in [2.05, 4.69) is 33.5 Å². The molecule has 0 unspecified atom stereocenters. The Labute approximate surface area is 176 Å². The second kappa shape index (κ2) is 8.19. The molecule has 152 valence electrons. The first kappa shape index (κ1) is 18.7. The van der Waals surface area contributed by atoms with Gasteiger partial charge in [-0.1, -0.05) is 36.8 Å². The minimum absolute atomic E-state index is 0.0504. The Hall–Kier alpha value is -3.34. The van der Waals surface area contributed by atoms with Crippen molar-refractivity contribution in [1.29, 1.82) is 0 Å². The second-order valence-corrected chi connectivity index (χ2v) is 8.27. The fourth-order valence-corrected chi connectivity index (χ4v) is 4.31. The van der Waals surface area contributed by atoms with Gasteiger partial charge in [0.05, 0.1) is 12.9 Å². The molecule has 0 radical (unpaired) electrons. The molecule has 2 heterocycles. The lowest BCUT2D eigenvalue weighted by Crippen LogP contribution is -2.36. The number of allylic oxidation sites excluding steroid dienone is 2. The van der Waals surface area contributed by atoms with Crippen molar-refractivity contribution in [2.45, 2.75) is 25.8 Å². The zero-order chi connectivity index (χ0) is 20.3. The highest BCUT2D eigenvalue weighted by atomic mass is 16.1. The molecule has 1 fully saturated rings. The number of nitrogens with zero attached hydrogens (tertiary/aromatic N) is 3. The summed E-state index contributed by atoms with van der Waals surface area (Å²) >= 11 is 0. The van der Waals surface area contributed by atoms with E-state index in [1.54, 1.807) is 6.20 Å². The summed E-state index contributed by atoms with van der Waals surface area (Å²) in [5.41, 5.74) is 2.83. The lowest BCUT2D eigenvalue weighted by molar-refractivity contribution is 0.0963. The van der Waals surface area contributed by atoms with Gasteiger partial charge >= 0.3 is 0 Å². The van der Waals surface area contributed by atoms with Gasteiger partial charge in [-0.15, -0.1) is 0 Å². The molecule has 2 aromatic carbocycles. The Morgan fingerprint density at radius 2 is 2.00 bits per heavy atom. The Kier molecular flexibility index (Phi) is 5.10. The second-order valence-electron chi connectivity index (χ2n) is 8.27. The van der Waals surface area contributed by atoms with Gasteiger partial charge in [-0.2, -0.15) is 0 Å². The molecular weight excluding hydrogens is 372 g/mol. The van der Waals surface area contributed by atoms with Gasteiger partial charge in [0.1, 0.15) is 0 Å². The SMILES string of the molecule is O=C(NC1=CC=CN(CC2CCC2)C1)c1ccc(Cn2ccnc2)c2ccccc12. The first-order valence-electron chi connectivity index (χ1n) is 10.7. The number of fused-ring (bicyclic) bond motifs is 1. The van der Waals surface area contributed by atoms with Crippen molar-refractivity contribution in [1.82, 2.24) is 19.8 Å². The first-order chi connectivity index (χ1) is 14.8. The minimum Gasteiger partial charge on any atom is -0.371 e. The normalized spacial score (nSPS) is 16.4.